The Morgan fingerprint density at radius 1 is 1.21 bits per heavy atom. The minimum atomic E-state index is 0.0378. The van der Waals surface area contributed by atoms with Gasteiger partial charge in [0.25, 0.3) is 5.91 Å². The fourth-order valence-corrected chi connectivity index (χ4v) is 3.00. The summed E-state index contributed by atoms with van der Waals surface area (Å²) < 4.78 is 5.57. The van der Waals surface area contributed by atoms with E-state index in [0.717, 1.165) is 32.5 Å². The van der Waals surface area contributed by atoms with Gasteiger partial charge in [-0.15, -0.1) is 0 Å². The summed E-state index contributed by atoms with van der Waals surface area (Å²) in [4.78, 5) is 25.7. The van der Waals surface area contributed by atoms with E-state index in [1.807, 2.05) is 18.9 Å². The second-order valence-corrected chi connectivity index (χ2v) is 6.31. The SMILES string of the molecule is CCC(=O)c1ccc(OCC(=O)N2CCC(CCNC)CC2)cc1. The number of carbonyl (C=O) groups excluding carboxylic acids is 2. The molecule has 1 aliphatic heterocycles. The Balaban J connectivity index is 1.74. The molecule has 5 nitrogen and oxygen atoms in total. The van der Waals surface area contributed by atoms with Gasteiger partial charge >= 0.3 is 0 Å². The molecule has 1 fully saturated rings. The second-order valence-electron chi connectivity index (χ2n) is 6.31. The fraction of sp³-hybridized carbons (Fsp3) is 0.579. The number of nitrogens with one attached hydrogen (secondary N) is 1. The maximum absolute atomic E-state index is 12.2. The van der Waals surface area contributed by atoms with Crippen LogP contribution in [0, 0.1) is 5.92 Å². The van der Waals surface area contributed by atoms with Crippen LogP contribution in [0.4, 0.5) is 0 Å². The minimum Gasteiger partial charge on any atom is -0.484 e. The molecule has 1 aliphatic rings. The van der Waals surface area contributed by atoms with Crippen molar-refractivity contribution >= 4 is 11.7 Å². The Labute approximate surface area is 144 Å². The molecule has 1 aromatic rings. The average molecular weight is 332 g/mol. The van der Waals surface area contributed by atoms with E-state index in [1.165, 1.54) is 6.42 Å². The molecule has 0 atom stereocenters. The summed E-state index contributed by atoms with van der Waals surface area (Å²) in [5.41, 5.74) is 0.680. The van der Waals surface area contributed by atoms with E-state index in [9.17, 15) is 9.59 Å². The number of Topliss-reactive ketones (excluding diaryl/α,β-unsaturated/α-hetero) is 1. The maximum Gasteiger partial charge on any atom is 0.260 e. The van der Waals surface area contributed by atoms with Gasteiger partial charge in [-0.25, -0.2) is 0 Å². The van der Waals surface area contributed by atoms with Crippen LogP contribution in [-0.4, -0.2) is 49.9 Å². The summed E-state index contributed by atoms with van der Waals surface area (Å²) in [7, 11) is 1.97. The molecule has 1 N–H and O–H groups in total. The first-order valence-corrected chi connectivity index (χ1v) is 8.82. The van der Waals surface area contributed by atoms with Gasteiger partial charge in [-0.1, -0.05) is 6.92 Å². The zero-order valence-electron chi connectivity index (χ0n) is 14.7. The van der Waals surface area contributed by atoms with Crippen LogP contribution in [0.5, 0.6) is 5.75 Å². The lowest BCUT2D eigenvalue weighted by atomic mass is 9.93. The van der Waals surface area contributed by atoms with Crippen molar-refractivity contribution in [3.8, 4) is 5.75 Å². The first kappa shape index (κ1) is 18.5. The van der Waals surface area contributed by atoms with Crippen LogP contribution >= 0.6 is 0 Å². The van der Waals surface area contributed by atoms with E-state index < -0.39 is 0 Å². The highest BCUT2D eigenvalue weighted by molar-refractivity contribution is 5.95. The van der Waals surface area contributed by atoms with Gasteiger partial charge in [0, 0.05) is 25.1 Å². The number of benzene rings is 1. The molecule has 0 saturated carbocycles. The van der Waals surface area contributed by atoms with Gasteiger partial charge < -0.3 is 15.0 Å². The Hall–Kier alpha value is -1.88. The lowest BCUT2D eigenvalue weighted by Gasteiger charge is -2.32. The summed E-state index contributed by atoms with van der Waals surface area (Å²) in [6, 6.07) is 7.00. The molecule has 132 valence electrons. The normalized spacial score (nSPS) is 15.3. The third-order valence-electron chi connectivity index (χ3n) is 4.63. The van der Waals surface area contributed by atoms with Crippen molar-refractivity contribution < 1.29 is 14.3 Å². The number of rotatable bonds is 8. The molecule has 0 radical (unpaired) electrons. The standard InChI is InChI=1S/C19H28N2O3/c1-3-18(22)16-4-6-17(7-5-16)24-14-19(23)21-12-9-15(10-13-21)8-11-20-2/h4-7,15,20H,3,8-14H2,1-2H3. The van der Waals surface area contributed by atoms with E-state index in [4.69, 9.17) is 4.74 Å². The van der Waals surface area contributed by atoms with Crippen molar-refractivity contribution in [2.45, 2.75) is 32.6 Å². The largest absolute Gasteiger partial charge is 0.484 e. The molecule has 1 heterocycles. The summed E-state index contributed by atoms with van der Waals surface area (Å²) in [6.07, 6.45) is 3.81. The lowest BCUT2D eigenvalue weighted by Crippen LogP contribution is -2.41. The van der Waals surface area contributed by atoms with Gasteiger partial charge in [-0.2, -0.15) is 0 Å². The summed E-state index contributed by atoms with van der Waals surface area (Å²) in [5.74, 6) is 1.49. The number of piperidine rings is 1. The number of nitrogens with zero attached hydrogens (tertiary/aromatic N) is 1. The van der Waals surface area contributed by atoms with Gasteiger partial charge in [0.05, 0.1) is 0 Å². The molecule has 0 aromatic heterocycles. The quantitative estimate of drug-likeness (QED) is 0.743. The average Bonchev–Trinajstić information content (AvgIpc) is 2.64. The van der Waals surface area contributed by atoms with E-state index in [-0.39, 0.29) is 18.3 Å². The van der Waals surface area contributed by atoms with Gasteiger partial charge in [0.1, 0.15) is 5.75 Å². The highest BCUT2D eigenvalue weighted by Crippen LogP contribution is 2.20. The maximum atomic E-state index is 12.2. The van der Waals surface area contributed by atoms with E-state index in [2.05, 4.69) is 5.32 Å². The number of amides is 1. The van der Waals surface area contributed by atoms with Crippen molar-refractivity contribution in [2.24, 2.45) is 5.92 Å². The molecule has 5 heteroatoms. The molecular formula is C19H28N2O3. The molecule has 24 heavy (non-hydrogen) atoms. The lowest BCUT2D eigenvalue weighted by molar-refractivity contribution is -0.134. The zero-order valence-corrected chi connectivity index (χ0v) is 14.7. The smallest absolute Gasteiger partial charge is 0.260 e. The number of likely N-dealkylation sites (tertiary alicyclic amines) is 1. The van der Waals surface area contributed by atoms with Gasteiger partial charge in [-0.3, -0.25) is 9.59 Å². The van der Waals surface area contributed by atoms with Crippen LogP contribution in [-0.2, 0) is 4.79 Å². The molecule has 0 unspecified atom stereocenters. The van der Waals surface area contributed by atoms with Crippen LogP contribution in [0.25, 0.3) is 0 Å². The zero-order chi connectivity index (χ0) is 17.4. The fourth-order valence-electron chi connectivity index (χ4n) is 3.00. The van der Waals surface area contributed by atoms with Gasteiger partial charge in [0.2, 0.25) is 0 Å². The third-order valence-corrected chi connectivity index (χ3v) is 4.63. The number of carbonyl (C=O) groups is 2. The summed E-state index contributed by atoms with van der Waals surface area (Å²) >= 11 is 0. The predicted molar refractivity (Wildman–Crippen MR) is 94.4 cm³/mol. The molecular weight excluding hydrogens is 304 g/mol. The van der Waals surface area contributed by atoms with E-state index >= 15 is 0 Å². The Kier molecular flexibility index (Phi) is 7.25. The third kappa shape index (κ3) is 5.34. The van der Waals surface area contributed by atoms with Crippen molar-refractivity contribution in [1.82, 2.24) is 10.2 Å². The van der Waals surface area contributed by atoms with Crippen molar-refractivity contribution in [2.75, 3.05) is 33.3 Å². The highest BCUT2D eigenvalue weighted by atomic mass is 16.5. The number of hydrogen-bond acceptors (Lipinski definition) is 4. The summed E-state index contributed by atoms with van der Waals surface area (Å²) in [6.45, 7) is 4.58. The molecule has 1 saturated heterocycles. The van der Waals surface area contributed by atoms with Crippen LogP contribution in [0.2, 0.25) is 0 Å². The number of ether oxygens (including phenoxy) is 1. The first-order chi connectivity index (χ1) is 11.6. The van der Waals surface area contributed by atoms with E-state index in [1.54, 1.807) is 24.3 Å². The van der Waals surface area contributed by atoms with Crippen LogP contribution < -0.4 is 10.1 Å². The molecule has 0 spiro atoms. The monoisotopic (exact) mass is 332 g/mol. The molecule has 1 aromatic carbocycles. The first-order valence-electron chi connectivity index (χ1n) is 8.82. The molecule has 0 bridgehead atoms. The highest BCUT2D eigenvalue weighted by Gasteiger charge is 2.22. The Bertz CT molecular complexity index is 534. The van der Waals surface area contributed by atoms with Crippen LogP contribution in [0.1, 0.15) is 43.0 Å². The van der Waals surface area contributed by atoms with Gasteiger partial charge in [-0.05, 0) is 63.0 Å². The summed E-state index contributed by atoms with van der Waals surface area (Å²) in [5, 5.41) is 3.18. The second kappa shape index (κ2) is 9.42. The van der Waals surface area contributed by atoms with Crippen molar-refractivity contribution in [1.29, 1.82) is 0 Å². The van der Waals surface area contributed by atoms with Crippen molar-refractivity contribution in [3.05, 3.63) is 29.8 Å². The number of ketones is 1. The van der Waals surface area contributed by atoms with E-state index in [0.29, 0.717) is 23.7 Å². The van der Waals surface area contributed by atoms with Crippen molar-refractivity contribution in [3.63, 3.8) is 0 Å². The molecule has 0 aliphatic carbocycles. The Morgan fingerprint density at radius 2 is 1.88 bits per heavy atom. The topological polar surface area (TPSA) is 58.6 Å². The molecule has 2 rings (SSSR count). The Morgan fingerprint density at radius 3 is 2.46 bits per heavy atom. The van der Waals surface area contributed by atoms with Gasteiger partial charge in [0.15, 0.2) is 12.4 Å². The predicted octanol–water partition coefficient (Wildman–Crippen LogP) is 2.51. The molecule has 1 amide bonds. The van der Waals surface area contributed by atoms with Crippen LogP contribution in [0.3, 0.4) is 0 Å². The minimum absolute atomic E-state index is 0.0378. The number of hydrogen-bond donors (Lipinski definition) is 1. The van der Waals surface area contributed by atoms with Crippen LogP contribution in [0.15, 0.2) is 24.3 Å².